The summed E-state index contributed by atoms with van der Waals surface area (Å²) in [6.07, 6.45) is 0. The van der Waals surface area contributed by atoms with Gasteiger partial charge in [-0.25, -0.2) is 0 Å². The lowest BCUT2D eigenvalue weighted by atomic mass is 9.87. The summed E-state index contributed by atoms with van der Waals surface area (Å²) < 4.78 is 0. The molecule has 0 aromatic rings. The molecule has 5 heteroatoms. The average molecular weight is 281 g/mol. The van der Waals surface area contributed by atoms with Crippen LogP contribution in [0.25, 0.3) is 0 Å². The number of carbonyl (C=O) groups excluding carboxylic acids is 2. The summed E-state index contributed by atoms with van der Waals surface area (Å²) in [5, 5.41) is 3.21. The van der Waals surface area contributed by atoms with E-state index in [1.807, 2.05) is 37.5 Å². The van der Waals surface area contributed by atoms with Crippen molar-refractivity contribution in [3.8, 4) is 0 Å². The van der Waals surface area contributed by atoms with E-state index in [-0.39, 0.29) is 23.1 Å². The highest BCUT2D eigenvalue weighted by molar-refractivity contribution is 5.82. The third-order valence-electron chi connectivity index (χ3n) is 4.43. The Morgan fingerprint density at radius 2 is 1.55 bits per heavy atom. The minimum atomic E-state index is -0.336. The minimum absolute atomic E-state index is 0.0983. The van der Waals surface area contributed by atoms with Gasteiger partial charge in [0.25, 0.3) is 0 Å². The molecule has 5 nitrogen and oxygen atoms in total. The summed E-state index contributed by atoms with van der Waals surface area (Å²) in [6, 6.07) is 0. The fourth-order valence-corrected chi connectivity index (χ4v) is 2.76. The normalized spacial score (nSPS) is 22.4. The van der Waals surface area contributed by atoms with Crippen molar-refractivity contribution in [3.05, 3.63) is 0 Å². The van der Waals surface area contributed by atoms with E-state index in [0.29, 0.717) is 32.1 Å². The van der Waals surface area contributed by atoms with Crippen molar-refractivity contribution < 1.29 is 9.59 Å². The van der Waals surface area contributed by atoms with Gasteiger partial charge in [0.15, 0.2) is 0 Å². The topological polar surface area (TPSA) is 52.7 Å². The van der Waals surface area contributed by atoms with Crippen LogP contribution < -0.4 is 5.32 Å². The SMILES string of the molecule is CC(C(=O)N1CCN(C(=O)C(C)(C)C)CC1)C1CNC1. The van der Waals surface area contributed by atoms with E-state index in [1.54, 1.807) is 0 Å². The number of nitrogens with zero attached hydrogens (tertiary/aromatic N) is 2. The van der Waals surface area contributed by atoms with Gasteiger partial charge in [-0.3, -0.25) is 9.59 Å². The largest absolute Gasteiger partial charge is 0.339 e. The van der Waals surface area contributed by atoms with Crippen LogP contribution in [0.1, 0.15) is 27.7 Å². The van der Waals surface area contributed by atoms with Gasteiger partial charge in [0.05, 0.1) is 0 Å². The van der Waals surface area contributed by atoms with Crippen LogP contribution in [0.15, 0.2) is 0 Å². The lowest BCUT2D eigenvalue weighted by molar-refractivity contribution is -0.147. The van der Waals surface area contributed by atoms with Gasteiger partial charge in [-0.05, 0) is 19.0 Å². The second-order valence-electron chi connectivity index (χ2n) is 7.07. The molecular weight excluding hydrogens is 254 g/mol. The standard InChI is InChI=1S/C15H27N3O2/c1-11(12-9-16-10-12)13(19)17-5-7-18(8-6-17)14(20)15(2,3)4/h11-12,16H,5-10H2,1-4H3. The first-order valence-electron chi connectivity index (χ1n) is 7.59. The fraction of sp³-hybridized carbons (Fsp3) is 0.867. The Bertz CT molecular complexity index is 377. The predicted molar refractivity (Wildman–Crippen MR) is 78.1 cm³/mol. The molecule has 20 heavy (non-hydrogen) atoms. The molecule has 2 aliphatic heterocycles. The lowest BCUT2D eigenvalue weighted by Crippen LogP contribution is -2.56. The van der Waals surface area contributed by atoms with Gasteiger partial charge >= 0.3 is 0 Å². The molecular formula is C15H27N3O2. The van der Waals surface area contributed by atoms with Crippen LogP contribution >= 0.6 is 0 Å². The Kier molecular flexibility index (Phi) is 4.37. The van der Waals surface area contributed by atoms with Gasteiger partial charge in [-0.2, -0.15) is 0 Å². The maximum absolute atomic E-state index is 12.4. The fourth-order valence-electron chi connectivity index (χ4n) is 2.76. The van der Waals surface area contributed by atoms with E-state index < -0.39 is 0 Å². The first-order valence-corrected chi connectivity index (χ1v) is 7.59. The van der Waals surface area contributed by atoms with Crippen molar-refractivity contribution in [2.45, 2.75) is 27.7 Å². The number of hydrogen-bond acceptors (Lipinski definition) is 3. The summed E-state index contributed by atoms with van der Waals surface area (Å²) >= 11 is 0. The molecule has 0 spiro atoms. The molecule has 2 fully saturated rings. The summed E-state index contributed by atoms with van der Waals surface area (Å²) in [6.45, 7) is 12.4. The summed E-state index contributed by atoms with van der Waals surface area (Å²) in [7, 11) is 0. The second-order valence-corrected chi connectivity index (χ2v) is 7.07. The minimum Gasteiger partial charge on any atom is -0.339 e. The summed E-state index contributed by atoms with van der Waals surface area (Å²) in [4.78, 5) is 28.4. The molecule has 114 valence electrons. The summed E-state index contributed by atoms with van der Waals surface area (Å²) in [5.41, 5.74) is -0.336. The molecule has 0 aromatic carbocycles. The van der Waals surface area contributed by atoms with Gasteiger partial charge in [-0.15, -0.1) is 0 Å². The number of nitrogens with one attached hydrogen (secondary N) is 1. The van der Waals surface area contributed by atoms with E-state index >= 15 is 0 Å². The molecule has 0 radical (unpaired) electrons. The number of piperazine rings is 1. The monoisotopic (exact) mass is 281 g/mol. The van der Waals surface area contributed by atoms with Gasteiger partial charge in [0.2, 0.25) is 11.8 Å². The highest BCUT2D eigenvalue weighted by Crippen LogP contribution is 2.21. The van der Waals surface area contributed by atoms with Gasteiger partial charge in [0.1, 0.15) is 0 Å². The van der Waals surface area contributed by atoms with Crippen LogP contribution in [0, 0.1) is 17.3 Å². The Morgan fingerprint density at radius 1 is 1.05 bits per heavy atom. The van der Waals surface area contributed by atoms with Crippen LogP contribution in [0.2, 0.25) is 0 Å². The highest BCUT2D eigenvalue weighted by Gasteiger charge is 2.35. The maximum atomic E-state index is 12.4. The van der Waals surface area contributed by atoms with Crippen molar-refractivity contribution in [1.82, 2.24) is 15.1 Å². The number of amides is 2. The quantitative estimate of drug-likeness (QED) is 0.804. The molecule has 1 N–H and O–H groups in total. The van der Waals surface area contributed by atoms with Crippen LogP contribution in [0.5, 0.6) is 0 Å². The van der Waals surface area contributed by atoms with Crippen molar-refractivity contribution in [2.24, 2.45) is 17.3 Å². The first kappa shape index (κ1) is 15.3. The molecule has 0 bridgehead atoms. The smallest absolute Gasteiger partial charge is 0.228 e. The molecule has 0 saturated carbocycles. The maximum Gasteiger partial charge on any atom is 0.228 e. The van der Waals surface area contributed by atoms with Crippen molar-refractivity contribution in [1.29, 1.82) is 0 Å². The van der Waals surface area contributed by atoms with E-state index in [1.165, 1.54) is 0 Å². The lowest BCUT2D eigenvalue weighted by Gasteiger charge is -2.40. The van der Waals surface area contributed by atoms with E-state index in [0.717, 1.165) is 13.1 Å². The van der Waals surface area contributed by atoms with E-state index in [4.69, 9.17) is 0 Å². The first-order chi connectivity index (χ1) is 9.30. The Morgan fingerprint density at radius 3 is 1.95 bits per heavy atom. The molecule has 0 aliphatic carbocycles. The Labute approximate surface area is 121 Å². The summed E-state index contributed by atoms with van der Waals surface area (Å²) in [5.74, 6) is 1.01. The molecule has 1 atom stereocenters. The van der Waals surface area contributed by atoms with Crippen molar-refractivity contribution in [3.63, 3.8) is 0 Å². The molecule has 2 saturated heterocycles. The van der Waals surface area contributed by atoms with E-state index in [9.17, 15) is 9.59 Å². The van der Waals surface area contributed by atoms with Crippen LogP contribution in [0.3, 0.4) is 0 Å². The zero-order valence-electron chi connectivity index (χ0n) is 13.1. The number of rotatable bonds is 2. The van der Waals surface area contributed by atoms with E-state index in [2.05, 4.69) is 5.32 Å². The zero-order chi connectivity index (χ0) is 14.9. The van der Waals surface area contributed by atoms with Gasteiger partial charge in [-0.1, -0.05) is 27.7 Å². The predicted octanol–water partition coefficient (Wildman–Crippen LogP) is 0.559. The van der Waals surface area contributed by atoms with Gasteiger partial charge < -0.3 is 15.1 Å². The van der Waals surface area contributed by atoms with Crippen LogP contribution in [-0.2, 0) is 9.59 Å². The van der Waals surface area contributed by atoms with Gasteiger partial charge in [0, 0.05) is 37.5 Å². The molecule has 2 amide bonds. The average Bonchev–Trinajstić information content (AvgIpc) is 2.34. The molecule has 2 aliphatic rings. The third-order valence-corrected chi connectivity index (χ3v) is 4.43. The molecule has 2 heterocycles. The Balaban J connectivity index is 1.84. The van der Waals surface area contributed by atoms with Crippen LogP contribution in [-0.4, -0.2) is 60.9 Å². The molecule has 1 unspecified atom stereocenters. The Hall–Kier alpha value is -1.10. The molecule has 2 rings (SSSR count). The van der Waals surface area contributed by atoms with Crippen LogP contribution in [0.4, 0.5) is 0 Å². The number of carbonyl (C=O) groups is 2. The molecule has 0 aromatic heterocycles. The second kappa shape index (κ2) is 5.72. The zero-order valence-corrected chi connectivity index (χ0v) is 13.1. The highest BCUT2D eigenvalue weighted by atomic mass is 16.2. The number of hydrogen-bond donors (Lipinski definition) is 1. The van der Waals surface area contributed by atoms with Crippen molar-refractivity contribution in [2.75, 3.05) is 39.3 Å². The third kappa shape index (κ3) is 3.14. The van der Waals surface area contributed by atoms with Crippen molar-refractivity contribution >= 4 is 11.8 Å².